The average Bonchev–Trinajstić information content (AvgIpc) is 3.59. The van der Waals surface area contributed by atoms with Gasteiger partial charge in [-0.1, -0.05) is 28.5 Å². The predicted octanol–water partition coefficient (Wildman–Crippen LogP) is -1.15. The van der Waals surface area contributed by atoms with E-state index in [1.54, 1.807) is 0 Å². The molecule has 1 saturated carbocycles. The number of rotatable bonds is 10. The monoisotopic (exact) mass is 640 g/mol. The molecule has 43 heavy (non-hydrogen) atoms. The van der Waals surface area contributed by atoms with Crippen LogP contribution in [0.1, 0.15) is 29.6 Å². The maximum Gasteiger partial charge on any atom is 0.350 e. The molecule has 4 fully saturated rings. The highest BCUT2D eigenvalue weighted by atomic mass is 35.5. The fraction of sp³-hybridized carbons (Fsp3) is 0.391. The number of carbonyl (C=O) groups is 7. The molecule has 3 saturated heterocycles. The number of aliphatic carboxylic acids is 2. The normalized spacial score (nSPS) is 25.3. The summed E-state index contributed by atoms with van der Waals surface area (Å²) in [5, 5.41) is 43.8. The third kappa shape index (κ3) is 4.79. The molecule has 0 spiro atoms. The Morgan fingerprint density at radius 2 is 1.79 bits per heavy atom. The lowest BCUT2D eigenvalue weighted by Crippen LogP contribution is -2.69. The first-order valence-electron chi connectivity index (χ1n) is 12.4. The first kappa shape index (κ1) is 29.7. The number of Topliss-reactive ketones (excluding diaryl/α,β-unsaturated/α-hetero) is 1. The number of nitrogens with zero attached hydrogens (tertiary/aromatic N) is 4. The number of hydrazine groups is 1. The highest BCUT2D eigenvalue weighted by molar-refractivity contribution is 8.02. The van der Waals surface area contributed by atoms with Gasteiger partial charge in [0.2, 0.25) is 16.4 Å². The molecule has 0 radical (unpaired) electrons. The number of aromatic hydroxyl groups is 2. The number of β-lactam (4-membered cyclic amide) rings is 1. The van der Waals surface area contributed by atoms with Gasteiger partial charge in [-0.3, -0.25) is 29.5 Å². The zero-order chi connectivity index (χ0) is 31.4. The first-order chi connectivity index (χ1) is 20.2. The molecule has 0 aromatic heterocycles. The van der Waals surface area contributed by atoms with E-state index in [0.717, 1.165) is 21.9 Å². The van der Waals surface area contributed by atoms with Crippen LogP contribution in [0, 0.1) is 0 Å². The Morgan fingerprint density at radius 3 is 2.40 bits per heavy atom. The number of ketones is 1. The number of amides is 5. The van der Waals surface area contributed by atoms with E-state index >= 15 is 0 Å². The Morgan fingerprint density at radius 1 is 1.09 bits per heavy atom. The third-order valence-electron chi connectivity index (χ3n) is 7.18. The van der Waals surface area contributed by atoms with Crippen LogP contribution in [0.2, 0.25) is 5.02 Å². The van der Waals surface area contributed by atoms with Gasteiger partial charge in [0.25, 0.3) is 11.7 Å². The quantitative estimate of drug-likeness (QED) is 0.0441. The molecule has 0 bridgehead atoms. The molecule has 3 unspecified atom stereocenters. The molecule has 1 aromatic rings. The van der Waals surface area contributed by atoms with Crippen molar-refractivity contribution in [2.24, 2.45) is 5.16 Å². The number of carbonyl (C=O) groups excluding carboxylic acids is 5. The molecule has 1 aromatic carbocycles. The summed E-state index contributed by atoms with van der Waals surface area (Å²) in [7, 11) is 0. The minimum absolute atomic E-state index is 0.0817. The van der Waals surface area contributed by atoms with E-state index in [9.17, 15) is 48.9 Å². The molecule has 18 nitrogen and oxygen atoms in total. The van der Waals surface area contributed by atoms with E-state index in [4.69, 9.17) is 21.5 Å². The smallest absolute Gasteiger partial charge is 0.350 e. The maximum absolute atomic E-state index is 13.4. The summed E-state index contributed by atoms with van der Waals surface area (Å²) < 4.78 is 0. The molecule has 5 amide bonds. The summed E-state index contributed by atoms with van der Waals surface area (Å²) in [6, 6.07) is 0.810. The van der Waals surface area contributed by atoms with E-state index in [1.807, 2.05) is 0 Å². The van der Waals surface area contributed by atoms with Crippen molar-refractivity contribution in [2.75, 3.05) is 13.1 Å². The van der Waals surface area contributed by atoms with Crippen molar-refractivity contribution >= 4 is 71.1 Å². The molecular weight excluding hydrogens is 620 g/mol. The number of hydrogen-bond acceptors (Lipinski definition) is 12. The Balaban J connectivity index is 1.33. The molecule has 3 heterocycles. The summed E-state index contributed by atoms with van der Waals surface area (Å²) in [4.78, 5) is 92.3. The number of carboxylic acid groups (broad SMARTS) is 2. The Kier molecular flexibility index (Phi) is 7.25. The van der Waals surface area contributed by atoms with Gasteiger partial charge in [0.05, 0.1) is 28.9 Å². The average molecular weight is 641 g/mol. The van der Waals surface area contributed by atoms with E-state index < -0.39 is 85.6 Å². The zero-order valence-electron chi connectivity index (χ0n) is 21.6. The van der Waals surface area contributed by atoms with Gasteiger partial charge in [0.1, 0.15) is 12.4 Å². The number of urea groups is 1. The summed E-state index contributed by atoms with van der Waals surface area (Å²) in [5.41, 5.74) is 0.0179. The van der Waals surface area contributed by atoms with Crippen LogP contribution >= 0.6 is 23.4 Å². The standard InChI is InChI=1S/C23H21ClN6O12S/c24-14-9(1-2-10(31)16(14)35)15(34)17(36)27-29-6-5-28(21(29)41)23(20(39)40)18(30-12(33)7-13(30)43-23)26-11(32)8-25-42-22(3-4-22)19(37)38/h1-2,8,13,18,31,35H,3-7H2,(H,26,32)(H,27,36)(H,37,38)(H,39,40). The number of nitrogens with one attached hydrogen (secondary N) is 2. The van der Waals surface area contributed by atoms with Crippen LogP contribution in [0.4, 0.5) is 4.79 Å². The van der Waals surface area contributed by atoms with E-state index in [-0.39, 0.29) is 32.4 Å². The topological polar surface area (TPSA) is 256 Å². The lowest BCUT2D eigenvalue weighted by Gasteiger charge is -2.41. The minimum Gasteiger partial charge on any atom is -0.504 e. The number of carboxylic acids is 2. The number of benzene rings is 1. The van der Waals surface area contributed by atoms with Crippen molar-refractivity contribution < 1.29 is 58.8 Å². The second-order valence-corrected chi connectivity index (χ2v) is 11.5. The molecule has 6 N–H and O–H groups in total. The molecular formula is C23H21ClN6O12S. The number of phenolic OH excluding ortho intramolecular Hbond substituents is 2. The van der Waals surface area contributed by atoms with Crippen LogP contribution in [-0.4, -0.2) is 118 Å². The van der Waals surface area contributed by atoms with Gasteiger partial charge in [-0.25, -0.2) is 19.4 Å². The number of oxime groups is 1. The van der Waals surface area contributed by atoms with Crippen LogP contribution in [0.3, 0.4) is 0 Å². The Hall–Kier alpha value is -4.78. The van der Waals surface area contributed by atoms with Gasteiger partial charge in [-0.2, -0.15) is 0 Å². The van der Waals surface area contributed by atoms with E-state index in [2.05, 4.69) is 15.9 Å². The van der Waals surface area contributed by atoms with Crippen LogP contribution in [0.15, 0.2) is 17.3 Å². The second-order valence-electron chi connectivity index (χ2n) is 9.77. The second kappa shape index (κ2) is 10.5. The number of halogens is 1. The van der Waals surface area contributed by atoms with Gasteiger partial charge < -0.3 is 35.5 Å². The highest BCUT2D eigenvalue weighted by Crippen LogP contribution is 2.52. The van der Waals surface area contributed by atoms with Gasteiger partial charge in [-0.05, 0) is 12.1 Å². The van der Waals surface area contributed by atoms with E-state index in [1.165, 1.54) is 0 Å². The zero-order valence-corrected chi connectivity index (χ0v) is 23.1. The van der Waals surface area contributed by atoms with Crippen molar-refractivity contribution in [1.29, 1.82) is 0 Å². The molecule has 20 heteroatoms. The number of phenols is 2. The lowest BCUT2D eigenvalue weighted by atomic mass is 10.1. The molecule has 4 aliphatic rings. The van der Waals surface area contributed by atoms with Crippen molar-refractivity contribution in [1.82, 2.24) is 25.6 Å². The maximum atomic E-state index is 13.4. The summed E-state index contributed by atoms with van der Waals surface area (Å²) >= 11 is 6.55. The van der Waals surface area contributed by atoms with E-state index in [0.29, 0.717) is 23.0 Å². The largest absolute Gasteiger partial charge is 0.504 e. The van der Waals surface area contributed by atoms with Crippen molar-refractivity contribution in [3.63, 3.8) is 0 Å². The van der Waals surface area contributed by atoms with Gasteiger partial charge in [0.15, 0.2) is 11.5 Å². The summed E-state index contributed by atoms with van der Waals surface area (Å²) in [6.45, 7) is -0.638. The van der Waals surface area contributed by atoms with Crippen molar-refractivity contribution in [3.05, 3.63) is 22.7 Å². The summed E-state index contributed by atoms with van der Waals surface area (Å²) in [6.07, 6.45) is -0.774. The SMILES string of the molecule is O=C(C=NOC1(C(=O)O)CC1)NC1N2C(=O)CC2SC1(C(=O)O)N1CCN(NC(=O)C(=O)c2ccc(O)c(O)c2Cl)C1=O. The third-order valence-corrected chi connectivity index (χ3v) is 9.21. The van der Waals surface area contributed by atoms with Crippen molar-refractivity contribution in [3.8, 4) is 11.5 Å². The summed E-state index contributed by atoms with van der Waals surface area (Å²) in [5.74, 6) is -8.59. The Bertz CT molecular complexity index is 1520. The predicted molar refractivity (Wildman–Crippen MR) is 140 cm³/mol. The molecule has 3 aliphatic heterocycles. The molecule has 5 rings (SSSR count). The van der Waals surface area contributed by atoms with Gasteiger partial charge in [0, 0.05) is 19.4 Å². The number of hydrogen-bond donors (Lipinski definition) is 6. The fourth-order valence-electron chi connectivity index (χ4n) is 4.71. The van der Waals surface area contributed by atoms with Gasteiger partial charge in [-0.15, -0.1) is 0 Å². The molecule has 1 aliphatic carbocycles. The highest BCUT2D eigenvalue weighted by Gasteiger charge is 2.69. The minimum atomic E-state index is -2.29. The van der Waals surface area contributed by atoms with Crippen LogP contribution < -0.4 is 10.7 Å². The van der Waals surface area contributed by atoms with Crippen molar-refractivity contribution in [2.45, 2.75) is 41.3 Å². The van der Waals surface area contributed by atoms with Crippen LogP contribution in [-0.2, 0) is 28.8 Å². The fourth-order valence-corrected chi connectivity index (χ4v) is 6.65. The van der Waals surface area contributed by atoms with Crippen LogP contribution in [0.25, 0.3) is 0 Å². The molecule has 228 valence electrons. The Labute approximate surface area is 249 Å². The van der Waals surface area contributed by atoms with Gasteiger partial charge >= 0.3 is 23.9 Å². The number of fused-ring (bicyclic) bond motifs is 1. The van der Waals surface area contributed by atoms with Crippen LogP contribution in [0.5, 0.6) is 11.5 Å². The number of thioether (sulfide) groups is 1. The molecule has 3 atom stereocenters. The first-order valence-corrected chi connectivity index (χ1v) is 13.6. The lowest BCUT2D eigenvalue weighted by molar-refractivity contribution is -0.155.